The molecule has 1 aromatic carbocycles. The van der Waals surface area contributed by atoms with Gasteiger partial charge in [0, 0.05) is 17.0 Å². The second-order valence-electron chi connectivity index (χ2n) is 3.81. The van der Waals surface area contributed by atoms with Gasteiger partial charge in [0.2, 0.25) is 0 Å². The van der Waals surface area contributed by atoms with E-state index in [-0.39, 0.29) is 11.5 Å². The van der Waals surface area contributed by atoms with Crippen molar-refractivity contribution in [3.8, 4) is 0 Å². The van der Waals surface area contributed by atoms with E-state index < -0.39 is 5.63 Å². The summed E-state index contributed by atoms with van der Waals surface area (Å²) in [5.41, 5.74) is 0.336. The fraction of sp³-hybridized carbons (Fsp3) is 0.167. The monoisotopic (exact) mass is 234 g/mol. The molecular weight excluding hydrogens is 228 g/mol. The van der Waals surface area contributed by atoms with E-state index in [9.17, 15) is 9.59 Å². The fourth-order valence-corrected chi connectivity index (χ4v) is 2.27. The van der Waals surface area contributed by atoms with Crippen LogP contribution in [0.25, 0.3) is 10.8 Å². The Morgan fingerprint density at radius 1 is 1.12 bits per heavy atom. The smallest absolute Gasteiger partial charge is 0.344 e. The highest BCUT2D eigenvalue weighted by Gasteiger charge is 2.25. The van der Waals surface area contributed by atoms with Crippen molar-refractivity contribution in [3.63, 3.8) is 0 Å². The van der Waals surface area contributed by atoms with Crippen molar-refractivity contribution in [2.24, 2.45) is 0 Å². The lowest BCUT2D eigenvalue weighted by Gasteiger charge is -2.02. The van der Waals surface area contributed by atoms with E-state index in [1.54, 1.807) is 18.2 Å². The normalized spacial score (nSPS) is 14.4. The van der Waals surface area contributed by atoms with Crippen molar-refractivity contribution >= 4 is 28.2 Å². The third kappa shape index (κ3) is 1.21. The Hall–Kier alpha value is -1.61. The quantitative estimate of drug-likeness (QED) is 0.704. The van der Waals surface area contributed by atoms with Gasteiger partial charge in [0.25, 0.3) is 0 Å². The van der Waals surface area contributed by atoms with Crippen molar-refractivity contribution in [1.29, 1.82) is 0 Å². The standard InChI is InChI=1S/C12H7ClO3/c13-6-1-2-8-9(5-6)7-3-4-10(14)11(7)16-12(8)15/h1-2,5H,3-4H2. The van der Waals surface area contributed by atoms with Gasteiger partial charge in [-0.1, -0.05) is 11.6 Å². The van der Waals surface area contributed by atoms with Crippen LogP contribution in [0.4, 0.5) is 0 Å². The number of rotatable bonds is 0. The molecule has 0 bridgehead atoms. The summed E-state index contributed by atoms with van der Waals surface area (Å²) in [5.74, 6) is 0.105. The minimum atomic E-state index is -0.472. The van der Waals surface area contributed by atoms with Gasteiger partial charge in [0.1, 0.15) is 0 Å². The predicted molar refractivity (Wildman–Crippen MR) is 60.1 cm³/mol. The molecule has 1 heterocycles. The Morgan fingerprint density at radius 3 is 2.75 bits per heavy atom. The van der Waals surface area contributed by atoms with Crippen LogP contribution >= 0.6 is 11.6 Å². The average molecular weight is 235 g/mol. The molecule has 2 aromatic rings. The Morgan fingerprint density at radius 2 is 1.94 bits per heavy atom. The molecular formula is C12H7ClO3. The van der Waals surface area contributed by atoms with Crippen LogP contribution in [-0.4, -0.2) is 5.78 Å². The van der Waals surface area contributed by atoms with Gasteiger partial charge in [-0.15, -0.1) is 0 Å². The summed E-state index contributed by atoms with van der Waals surface area (Å²) in [7, 11) is 0. The molecule has 0 radical (unpaired) electrons. The van der Waals surface area contributed by atoms with Crippen LogP contribution in [0.2, 0.25) is 5.02 Å². The topological polar surface area (TPSA) is 47.3 Å². The highest BCUT2D eigenvalue weighted by Crippen LogP contribution is 2.29. The summed E-state index contributed by atoms with van der Waals surface area (Å²) in [4.78, 5) is 23.1. The molecule has 3 nitrogen and oxygen atoms in total. The second-order valence-corrected chi connectivity index (χ2v) is 4.25. The van der Waals surface area contributed by atoms with Crippen molar-refractivity contribution in [1.82, 2.24) is 0 Å². The molecule has 0 atom stereocenters. The molecule has 1 aliphatic rings. The van der Waals surface area contributed by atoms with Gasteiger partial charge >= 0.3 is 5.63 Å². The van der Waals surface area contributed by atoms with E-state index in [0.29, 0.717) is 23.3 Å². The van der Waals surface area contributed by atoms with Gasteiger partial charge in [-0.25, -0.2) is 4.79 Å². The molecule has 3 rings (SSSR count). The van der Waals surface area contributed by atoms with Crippen molar-refractivity contribution in [2.45, 2.75) is 12.8 Å². The predicted octanol–water partition coefficient (Wildman–Crippen LogP) is 2.58. The molecule has 0 spiro atoms. The summed E-state index contributed by atoms with van der Waals surface area (Å²) in [6, 6.07) is 4.99. The number of ketones is 1. The minimum absolute atomic E-state index is 0.103. The summed E-state index contributed by atoms with van der Waals surface area (Å²) in [6.45, 7) is 0. The number of benzene rings is 1. The molecule has 1 aliphatic carbocycles. The fourth-order valence-electron chi connectivity index (χ4n) is 2.10. The number of halogens is 1. The Bertz CT molecular complexity index is 670. The van der Waals surface area contributed by atoms with Crippen LogP contribution in [0.3, 0.4) is 0 Å². The van der Waals surface area contributed by atoms with Gasteiger partial charge in [-0.2, -0.15) is 0 Å². The molecule has 0 aliphatic heterocycles. The first-order chi connectivity index (χ1) is 7.66. The third-order valence-corrected chi connectivity index (χ3v) is 3.09. The van der Waals surface area contributed by atoms with Gasteiger partial charge < -0.3 is 4.42 Å². The molecule has 0 saturated carbocycles. The zero-order valence-electron chi connectivity index (χ0n) is 8.25. The lowest BCUT2D eigenvalue weighted by Crippen LogP contribution is -2.05. The van der Waals surface area contributed by atoms with Crippen molar-refractivity contribution in [3.05, 3.63) is 45.0 Å². The van der Waals surface area contributed by atoms with E-state index in [0.717, 1.165) is 10.9 Å². The molecule has 0 N–H and O–H groups in total. The third-order valence-electron chi connectivity index (χ3n) is 2.85. The van der Waals surface area contributed by atoms with E-state index in [2.05, 4.69) is 0 Å². The first-order valence-electron chi connectivity index (χ1n) is 4.95. The molecule has 0 unspecified atom stereocenters. The van der Waals surface area contributed by atoms with Crippen molar-refractivity contribution < 1.29 is 9.21 Å². The number of hydrogen-bond acceptors (Lipinski definition) is 3. The molecule has 1 aromatic heterocycles. The number of carbonyl (C=O) groups excluding carboxylic acids is 1. The SMILES string of the molecule is O=C1CCc2c1oc(=O)c1ccc(Cl)cc21. The molecule has 0 fully saturated rings. The highest BCUT2D eigenvalue weighted by molar-refractivity contribution is 6.31. The first-order valence-corrected chi connectivity index (χ1v) is 5.33. The Labute approximate surface area is 95.6 Å². The zero-order chi connectivity index (χ0) is 11.3. The Balaban J connectivity index is 2.52. The van der Waals surface area contributed by atoms with Gasteiger partial charge in [0.05, 0.1) is 5.39 Å². The van der Waals surface area contributed by atoms with Crippen LogP contribution in [0.15, 0.2) is 27.4 Å². The first kappa shape index (κ1) is 9.60. The average Bonchev–Trinajstić information content (AvgIpc) is 2.61. The van der Waals surface area contributed by atoms with Crippen LogP contribution in [-0.2, 0) is 6.42 Å². The summed E-state index contributed by atoms with van der Waals surface area (Å²) in [5, 5.41) is 1.78. The van der Waals surface area contributed by atoms with Crippen LogP contribution in [0.5, 0.6) is 0 Å². The van der Waals surface area contributed by atoms with Crippen LogP contribution in [0, 0.1) is 0 Å². The maximum absolute atomic E-state index is 11.6. The van der Waals surface area contributed by atoms with E-state index in [1.807, 2.05) is 0 Å². The number of Topliss-reactive ketones (excluding diaryl/α,β-unsaturated/α-hetero) is 1. The lowest BCUT2D eigenvalue weighted by atomic mass is 10.1. The maximum atomic E-state index is 11.6. The zero-order valence-corrected chi connectivity index (χ0v) is 9.00. The van der Waals surface area contributed by atoms with E-state index >= 15 is 0 Å². The van der Waals surface area contributed by atoms with E-state index in [4.69, 9.17) is 16.0 Å². The summed E-state index contributed by atoms with van der Waals surface area (Å²) < 4.78 is 5.04. The molecule has 16 heavy (non-hydrogen) atoms. The largest absolute Gasteiger partial charge is 0.419 e. The van der Waals surface area contributed by atoms with Crippen LogP contribution < -0.4 is 5.63 Å². The van der Waals surface area contributed by atoms with Crippen molar-refractivity contribution in [2.75, 3.05) is 0 Å². The van der Waals surface area contributed by atoms with Crippen LogP contribution in [0.1, 0.15) is 22.5 Å². The number of aryl methyl sites for hydroxylation is 1. The summed E-state index contributed by atoms with van der Waals surface area (Å²) in [6.07, 6.45) is 1.03. The molecule has 0 amide bonds. The molecule has 4 heteroatoms. The highest BCUT2D eigenvalue weighted by atomic mass is 35.5. The molecule has 0 saturated heterocycles. The number of fused-ring (bicyclic) bond motifs is 3. The summed E-state index contributed by atoms with van der Waals surface area (Å²) >= 11 is 5.89. The number of carbonyl (C=O) groups is 1. The van der Waals surface area contributed by atoms with Gasteiger partial charge in [0.15, 0.2) is 11.5 Å². The van der Waals surface area contributed by atoms with Gasteiger partial charge in [-0.3, -0.25) is 4.79 Å². The van der Waals surface area contributed by atoms with E-state index in [1.165, 1.54) is 0 Å². The molecule has 80 valence electrons. The maximum Gasteiger partial charge on any atom is 0.344 e. The number of hydrogen-bond donors (Lipinski definition) is 0. The second kappa shape index (κ2) is 3.19. The lowest BCUT2D eigenvalue weighted by molar-refractivity contribution is 0.0967. The van der Waals surface area contributed by atoms with Gasteiger partial charge in [-0.05, 0) is 30.0 Å². The Kier molecular flexibility index (Phi) is 1.91. The minimum Gasteiger partial charge on any atom is -0.419 e.